The number of carbonyl (C=O) groups is 1. The number of amides is 1. The van der Waals surface area contributed by atoms with Gasteiger partial charge in [-0.25, -0.2) is 4.99 Å². The van der Waals surface area contributed by atoms with Gasteiger partial charge in [-0.05, 0) is 60.7 Å². The number of hydrogen-bond donors (Lipinski definition) is 1. The molecule has 2 aromatic carbocycles. The molecule has 1 aliphatic heterocycles. The second-order valence-electron chi connectivity index (χ2n) is 5.25. The molecule has 25 heavy (non-hydrogen) atoms. The lowest BCUT2D eigenvalue weighted by molar-refractivity contribution is -0.115. The lowest BCUT2D eigenvalue weighted by atomic mass is 10.2. The lowest BCUT2D eigenvalue weighted by Gasteiger charge is -2.05. The van der Waals surface area contributed by atoms with E-state index in [2.05, 4.69) is 10.3 Å². The van der Waals surface area contributed by atoms with Crippen molar-refractivity contribution < 1.29 is 9.53 Å². The molecule has 0 spiro atoms. The average Bonchev–Trinajstić information content (AvgIpc) is 2.91. The molecule has 1 aliphatic rings. The van der Waals surface area contributed by atoms with Crippen molar-refractivity contribution in [1.82, 2.24) is 5.32 Å². The fourth-order valence-electron chi connectivity index (χ4n) is 2.27. The fourth-order valence-corrected chi connectivity index (χ4v) is 3.44. The van der Waals surface area contributed by atoms with Crippen molar-refractivity contribution in [2.45, 2.75) is 6.92 Å². The van der Waals surface area contributed by atoms with E-state index in [4.69, 9.17) is 27.9 Å². The predicted molar refractivity (Wildman–Crippen MR) is 105 cm³/mol. The van der Waals surface area contributed by atoms with Crippen molar-refractivity contribution in [1.29, 1.82) is 0 Å². The average molecular weight is 393 g/mol. The van der Waals surface area contributed by atoms with Crippen molar-refractivity contribution in [3.8, 4) is 5.75 Å². The summed E-state index contributed by atoms with van der Waals surface area (Å²) in [6.45, 7) is 1.89. The molecule has 0 radical (unpaired) electrons. The van der Waals surface area contributed by atoms with E-state index >= 15 is 0 Å². The minimum Gasteiger partial charge on any atom is -0.496 e. The Bertz CT molecular complexity index is 910. The van der Waals surface area contributed by atoms with E-state index in [0.29, 0.717) is 25.9 Å². The SMILES string of the molecule is COc1ccc(Cl)cc1/C=C1\SC(=Nc2cccc(Cl)c2C)NC1=O. The van der Waals surface area contributed by atoms with E-state index in [1.165, 1.54) is 11.8 Å². The van der Waals surface area contributed by atoms with Gasteiger partial charge in [0.15, 0.2) is 5.17 Å². The molecule has 0 atom stereocenters. The van der Waals surface area contributed by atoms with Gasteiger partial charge in [0.25, 0.3) is 5.91 Å². The number of methoxy groups -OCH3 is 1. The summed E-state index contributed by atoms with van der Waals surface area (Å²) in [6.07, 6.45) is 1.73. The number of nitrogens with one attached hydrogen (secondary N) is 1. The second kappa shape index (κ2) is 7.52. The van der Waals surface area contributed by atoms with Crippen molar-refractivity contribution >= 4 is 57.8 Å². The molecule has 1 heterocycles. The number of benzene rings is 2. The van der Waals surface area contributed by atoms with Crippen LogP contribution in [0.2, 0.25) is 10.0 Å². The van der Waals surface area contributed by atoms with Crippen molar-refractivity contribution in [3.05, 3.63) is 62.5 Å². The quantitative estimate of drug-likeness (QED) is 0.729. The molecular formula is C18H14Cl2N2O2S. The number of amidine groups is 1. The monoisotopic (exact) mass is 392 g/mol. The highest BCUT2D eigenvalue weighted by Gasteiger charge is 2.24. The Kier molecular flexibility index (Phi) is 5.37. The zero-order chi connectivity index (χ0) is 18.0. The molecule has 128 valence electrons. The highest BCUT2D eigenvalue weighted by Crippen LogP contribution is 2.33. The topological polar surface area (TPSA) is 50.7 Å². The Balaban J connectivity index is 1.92. The summed E-state index contributed by atoms with van der Waals surface area (Å²) >= 11 is 13.4. The van der Waals surface area contributed by atoms with Gasteiger partial charge in [-0.2, -0.15) is 0 Å². The van der Waals surface area contributed by atoms with Crippen LogP contribution in [0.15, 0.2) is 46.3 Å². The number of aliphatic imine (C=N–C) groups is 1. The molecule has 0 unspecified atom stereocenters. The predicted octanol–water partition coefficient (Wildman–Crippen LogP) is 5.20. The first-order chi connectivity index (χ1) is 12.0. The van der Waals surface area contributed by atoms with Gasteiger partial charge < -0.3 is 10.1 Å². The van der Waals surface area contributed by atoms with Gasteiger partial charge in [0, 0.05) is 15.6 Å². The molecule has 0 bridgehead atoms. The fraction of sp³-hybridized carbons (Fsp3) is 0.111. The largest absolute Gasteiger partial charge is 0.496 e. The molecule has 0 aromatic heterocycles. The molecule has 1 amide bonds. The van der Waals surface area contributed by atoms with E-state index in [-0.39, 0.29) is 5.91 Å². The summed E-state index contributed by atoms with van der Waals surface area (Å²) < 4.78 is 5.31. The van der Waals surface area contributed by atoms with Crippen LogP contribution in [0.25, 0.3) is 6.08 Å². The zero-order valence-electron chi connectivity index (χ0n) is 13.5. The van der Waals surface area contributed by atoms with Gasteiger partial charge in [0.05, 0.1) is 17.7 Å². The first-order valence-corrected chi connectivity index (χ1v) is 8.93. The van der Waals surface area contributed by atoms with Crippen LogP contribution in [0.3, 0.4) is 0 Å². The molecule has 3 rings (SSSR count). The Morgan fingerprint density at radius 1 is 1.24 bits per heavy atom. The third-order valence-corrected chi connectivity index (χ3v) is 5.14. The number of thioether (sulfide) groups is 1. The van der Waals surface area contributed by atoms with E-state index in [0.717, 1.165) is 16.8 Å². The maximum atomic E-state index is 12.2. The van der Waals surface area contributed by atoms with Gasteiger partial charge in [-0.15, -0.1) is 0 Å². The number of halogens is 2. The molecule has 2 aromatic rings. The Morgan fingerprint density at radius 2 is 2.04 bits per heavy atom. The van der Waals surface area contributed by atoms with Gasteiger partial charge in [-0.1, -0.05) is 29.3 Å². The van der Waals surface area contributed by atoms with Gasteiger partial charge in [0.2, 0.25) is 0 Å². The number of nitrogens with zero attached hydrogens (tertiary/aromatic N) is 1. The van der Waals surface area contributed by atoms with Crippen molar-refractivity contribution in [2.24, 2.45) is 4.99 Å². The molecule has 0 aliphatic carbocycles. The molecule has 0 saturated carbocycles. The van der Waals surface area contributed by atoms with Crippen LogP contribution in [0.1, 0.15) is 11.1 Å². The van der Waals surface area contributed by atoms with Crippen LogP contribution < -0.4 is 10.1 Å². The van der Waals surface area contributed by atoms with Crippen molar-refractivity contribution in [2.75, 3.05) is 7.11 Å². The molecule has 1 fully saturated rings. The standard InChI is InChI=1S/C18H14Cl2N2O2S/c1-10-13(20)4-3-5-14(10)21-18-22-17(23)16(25-18)9-11-8-12(19)6-7-15(11)24-2/h3-9H,1-2H3,(H,21,22,23)/b16-9-. The first kappa shape index (κ1) is 17.9. The zero-order valence-corrected chi connectivity index (χ0v) is 15.8. The Morgan fingerprint density at radius 3 is 2.80 bits per heavy atom. The number of ether oxygens (including phenoxy) is 1. The highest BCUT2D eigenvalue weighted by molar-refractivity contribution is 8.18. The van der Waals surface area contributed by atoms with Crippen LogP contribution in [-0.4, -0.2) is 18.2 Å². The van der Waals surface area contributed by atoms with Crippen LogP contribution >= 0.6 is 35.0 Å². The minimum absolute atomic E-state index is 0.217. The number of hydrogen-bond acceptors (Lipinski definition) is 4. The van der Waals surface area contributed by atoms with Crippen LogP contribution in [0.5, 0.6) is 5.75 Å². The summed E-state index contributed by atoms with van der Waals surface area (Å²) in [4.78, 5) is 17.2. The molecule has 7 heteroatoms. The van der Waals surface area contributed by atoms with E-state index < -0.39 is 0 Å². The van der Waals surface area contributed by atoms with Gasteiger partial charge in [0.1, 0.15) is 5.75 Å². The maximum absolute atomic E-state index is 12.2. The van der Waals surface area contributed by atoms with Gasteiger partial charge in [-0.3, -0.25) is 4.79 Å². The second-order valence-corrected chi connectivity index (χ2v) is 7.13. The summed E-state index contributed by atoms with van der Waals surface area (Å²) in [5, 5.41) is 4.47. The van der Waals surface area contributed by atoms with E-state index in [1.807, 2.05) is 19.1 Å². The van der Waals surface area contributed by atoms with E-state index in [1.54, 1.807) is 37.5 Å². The summed E-state index contributed by atoms with van der Waals surface area (Å²) in [5.41, 5.74) is 2.31. The maximum Gasteiger partial charge on any atom is 0.264 e. The normalized spacial score (nSPS) is 17.2. The molecular weight excluding hydrogens is 379 g/mol. The number of carbonyl (C=O) groups excluding carboxylic acids is 1. The minimum atomic E-state index is -0.217. The van der Waals surface area contributed by atoms with Crippen LogP contribution in [-0.2, 0) is 4.79 Å². The molecule has 1 N–H and O–H groups in total. The summed E-state index contributed by atoms with van der Waals surface area (Å²) in [7, 11) is 1.57. The van der Waals surface area contributed by atoms with E-state index in [9.17, 15) is 4.79 Å². The van der Waals surface area contributed by atoms with Crippen LogP contribution in [0, 0.1) is 6.92 Å². The summed E-state index contributed by atoms with van der Waals surface area (Å²) in [5.74, 6) is 0.423. The first-order valence-electron chi connectivity index (χ1n) is 7.36. The summed E-state index contributed by atoms with van der Waals surface area (Å²) in [6, 6.07) is 10.7. The number of rotatable bonds is 3. The van der Waals surface area contributed by atoms with Crippen molar-refractivity contribution in [3.63, 3.8) is 0 Å². The van der Waals surface area contributed by atoms with Gasteiger partial charge >= 0.3 is 0 Å². The Hall–Kier alpha value is -1.95. The van der Waals surface area contributed by atoms with Crippen LogP contribution in [0.4, 0.5) is 5.69 Å². The molecule has 4 nitrogen and oxygen atoms in total. The molecule has 1 saturated heterocycles. The lowest BCUT2D eigenvalue weighted by Crippen LogP contribution is -2.19. The third kappa shape index (κ3) is 4.00. The Labute approximate surface area is 159 Å². The highest BCUT2D eigenvalue weighted by atomic mass is 35.5. The smallest absolute Gasteiger partial charge is 0.264 e. The third-order valence-electron chi connectivity index (χ3n) is 3.59.